The van der Waals surface area contributed by atoms with E-state index in [1.807, 2.05) is 0 Å². The van der Waals surface area contributed by atoms with E-state index in [0.717, 1.165) is 31.1 Å². The van der Waals surface area contributed by atoms with E-state index in [-0.39, 0.29) is 23.6 Å². The maximum Gasteiger partial charge on any atom is 0.236 e. The maximum atomic E-state index is 12.0. The Morgan fingerprint density at radius 1 is 1.44 bits per heavy atom. The predicted octanol–water partition coefficient (Wildman–Crippen LogP) is 3.56. The summed E-state index contributed by atoms with van der Waals surface area (Å²) in [6.07, 6.45) is 3.83. The van der Waals surface area contributed by atoms with E-state index in [4.69, 9.17) is 27.9 Å². The zero-order valence-electron chi connectivity index (χ0n) is 13.0. The lowest BCUT2D eigenvalue weighted by Gasteiger charge is -2.08. The largest absolute Gasteiger partial charge is 0.376 e. The van der Waals surface area contributed by atoms with Gasteiger partial charge in [-0.3, -0.25) is 4.79 Å². The van der Waals surface area contributed by atoms with Gasteiger partial charge >= 0.3 is 0 Å². The summed E-state index contributed by atoms with van der Waals surface area (Å²) in [6, 6.07) is 1.52. The molecule has 1 unspecified atom stereocenters. The van der Waals surface area contributed by atoms with Crippen molar-refractivity contribution in [3.63, 3.8) is 0 Å². The van der Waals surface area contributed by atoms with Crippen molar-refractivity contribution >= 4 is 63.2 Å². The lowest BCUT2D eigenvalue weighted by Crippen LogP contribution is -2.18. The van der Waals surface area contributed by atoms with Gasteiger partial charge in [0.2, 0.25) is 11.0 Å². The van der Waals surface area contributed by atoms with Crippen molar-refractivity contribution in [3.05, 3.63) is 22.3 Å². The zero-order chi connectivity index (χ0) is 17.6. The lowest BCUT2D eigenvalue weighted by atomic mass is 10.2. The van der Waals surface area contributed by atoms with Crippen LogP contribution < -0.4 is 10.6 Å². The van der Waals surface area contributed by atoms with Crippen LogP contribution in [-0.2, 0) is 9.53 Å². The summed E-state index contributed by atoms with van der Waals surface area (Å²) < 4.78 is 6.25. The number of ether oxygens (including phenoxy) is 1. The molecule has 0 bridgehead atoms. The van der Waals surface area contributed by atoms with Crippen molar-refractivity contribution in [2.24, 2.45) is 0 Å². The molecular formula is C14H15Cl2N5O2S2. The minimum atomic E-state index is -0.231. The Kier molecular flexibility index (Phi) is 6.71. The van der Waals surface area contributed by atoms with Crippen molar-refractivity contribution in [1.29, 1.82) is 0 Å². The van der Waals surface area contributed by atoms with Crippen molar-refractivity contribution in [2.75, 3.05) is 29.5 Å². The standard InChI is InChI=1S/C14H15Cl2N5O2S2/c15-8-4-10(16)12(17-5-8)19-11(22)7-24-14-21-20-13(25-14)18-6-9-2-1-3-23-9/h4-5,9H,1-3,6-7H2,(H,18,20)(H,17,19,22). The summed E-state index contributed by atoms with van der Waals surface area (Å²) in [4.78, 5) is 16.0. The first-order valence-corrected chi connectivity index (χ1v) is 10.1. The van der Waals surface area contributed by atoms with Crippen LogP contribution in [0.5, 0.6) is 0 Å². The number of aromatic nitrogens is 3. The van der Waals surface area contributed by atoms with E-state index in [2.05, 4.69) is 25.8 Å². The molecule has 0 spiro atoms. The van der Waals surface area contributed by atoms with Gasteiger partial charge in [0, 0.05) is 19.3 Å². The molecule has 134 valence electrons. The van der Waals surface area contributed by atoms with E-state index >= 15 is 0 Å². The molecule has 1 atom stereocenters. The highest BCUT2D eigenvalue weighted by Gasteiger charge is 2.16. The molecule has 1 fully saturated rings. The van der Waals surface area contributed by atoms with Gasteiger partial charge in [-0.1, -0.05) is 46.3 Å². The van der Waals surface area contributed by atoms with Crippen LogP contribution in [-0.4, -0.2) is 46.1 Å². The summed E-state index contributed by atoms with van der Waals surface area (Å²) in [5.41, 5.74) is 0. The molecule has 25 heavy (non-hydrogen) atoms. The summed E-state index contributed by atoms with van der Waals surface area (Å²) in [5, 5.41) is 15.4. The van der Waals surface area contributed by atoms with E-state index < -0.39 is 0 Å². The number of hydrogen-bond donors (Lipinski definition) is 2. The second-order valence-corrected chi connectivity index (χ2v) is 8.25. The molecule has 3 heterocycles. The van der Waals surface area contributed by atoms with Crippen LogP contribution in [0.15, 0.2) is 16.6 Å². The SMILES string of the molecule is O=C(CSc1nnc(NCC2CCCO2)s1)Nc1ncc(Cl)cc1Cl. The van der Waals surface area contributed by atoms with E-state index in [0.29, 0.717) is 14.4 Å². The maximum absolute atomic E-state index is 12.0. The Bertz CT molecular complexity index is 740. The molecule has 0 saturated carbocycles. The van der Waals surface area contributed by atoms with Gasteiger partial charge in [-0.15, -0.1) is 10.2 Å². The highest BCUT2D eigenvalue weighted by atomic mass is 35.5. The molecule has 1 saturated heterocycles. The molecule has 1 aliphatic heterocycles. The number of rotatable bonds is 7. The van der Waals surface area contributed by atoms with Crippen molar-refractivity contribution in [2.45, 2.75) is 23.3 Å². The number of amides is 1. The molecule has 0 radical (unpaired) electrons. The number of pyridine rings is 1. The summed E-state index contributed by atoms with van der Waals surface area (Å²) in [7, 11) is 0. The molecule has 3 rings (SSSR count). The third-order valence-corrected chi connectivity index (χ3v) is 5.81. The lowest BCUT2D eigenvalue weighted by molar-refractivity contribution is -0.113. The molecule has 2 aromatic heterocycles. The number of nitrogens with zero attached hydrogens (tertiary/aromatic N) is 3. The van der Waals surface area contributed by atoms with Gasteiger partial charge in [0.1, 0.15) is 0 Å². The highest BCUT2D eigenvalue weighted by molar-refractivity contribution is 8.01. The number of anilines is 2. The molecule has 0 aromatic carbocycles. The second kappa shape index (κ2) is 9.00. The van der Waals surface area contributed by atoms with Crippen LogP contribution in [0.2, 0.25) is 10.0 Å². The Balaban J connectivity index is 1.44. The van der Waals surface area contributed by atoms with Crippen molar-refractivity contribution in [1.82, 2.24) is 15.2 Å². The second-order valence-electron chi connectivity index (χ2n) is 5.21. The first kappa shape index (κ1) is 18.7. The third-order valence-electron chi connectivity index (χ3n) is 3.30. The number of hydrogen-bond acceptors (Lipinski definition) is 8. The minimum absolute atomic E-state index is 0.182. The number of carbonyl (C=O) groups is 1. The Hall–Kier alpha value is -1.13. The Morgan fingerprint density at radius 2 is 2.32 bits per heavy atom. The molecule has 2 aromatic rings. The van der Waals surface area contributed by atoms with Crippen LogP contribution in [0, 0.1) is 0 Å². The molecule has 0 aliphatic carbocycles. The average Bonchev–Trinajstić information content (AvgIpc) is 3.25. The monoisotopic (exact) mass is 419 g/mol. The van der Waals surface area contributed by atoms with Gasteiger partial charge in [-0.2, -0.15) is 0 Å². The molecule has 1 amide bonds. The van der Waals surface area contributed by atoms with E-state index in [1.165, 1.54) is 35.4 Å². The summed E-state index contributed by atoms with van der Waals surface area (Å²) >= 11 is 14.5. The number of nitrogens with one attached hydrogen (secondary N) is 2. The van der Waals surface area contributed by atoms with Crippen LogP contribution in [0.1, 0.15) is 12.8 Å². The first-order valence-electron chi connectivity index (χ1n) is 7.53. The fourth-order valence-corrected chi connectivity index (χ4v) is 4.13. The number of thioether (sulfide) groups is 1. The molecule has 2 N–H and O–H groups in total. The minimum Gasteiger partial charge on any atom is -0.376 e. The molecule has 11 heteroatoms. The van der Waals surface area contributed by atoms with E-state index in [9.17, 15) is 4.79 Å². The summed E-state index contributed by atoms with van der Waals surface area (Å²) in [5.74, 6) is 0.236. The fourth-order valence-electron chi connectivity index (χ4n) is 2.15. The van der Waals surface area contributed by atoms with Gasteiger partial charge in [0.25, 0.3) is 0 Å². The smallest absolute Gasteiger partial charge is 0.236 e. The average molecular weight is 420 g/mol. The van der Waals surface area contributed by atoms with Gasteiger partial charge in [-0.25, -0.2) is 4.98 Å². The van der Waals surface area contributed by atoms with Crippen LogP contribution >= 0.6 is 46.3 Å². The van der Waals surface area contributed by atoms with Crippen molar-refractivity contribution in [3.8, 4) is 0 Å². The van der Waals surface area contributed by atoms with Crippen LogP contribution in [0.25, 0.3) is 0 Å². The van der Waals surface area contributed by atoms with Gasteiger partial charge in [0.15, 0.2) is 10.2 Å². The number of halogens is 2. The van der Waals surface area contributed by atoms with Gasteiger partial charge in [-0.05, 0) is 18.9 Å². The van der Waals surface area contributed by atoms with Gasteiger partial charge < -0.3 is 15.4 Å². The van der Waals surface area contributed by atoms with Crippen molar-refractivity contribution < 1.29 is 9.53 Å². The molecule has 1 aliphatic rings. The Labute approximate surface area is 162 Å². The topological polar surface area (TPSA) is 89.0 Å². The third kappa shape index (κ3) is 5.68. The fraction of sp³-hybridized carbons (Fsp3) is 0.429. The van der Waals surface area contributed by atoms with E-state index in [1.54, 1.807) is 0 Å². The zero-order valence-corrected chi connectivity index (χ0v) is 16.1. The first-order chi connectivity index (χ1) is 12.1. The normalized spacial score (nSPS) is 16.8. The number of carbonyl (C=O) groups excluding carboxylic acids is 1. The van der Waals surface area contributed by atoms with Gasteiger partial charge in [0.05, 0.1) is 21.9 Å². The molecular weight excluding hydrogens is 405 g/mol. The highest BCUT2D eigenvalue weighted by Crippen LogP contribution is 2.27. The molecule has 7 nitrogen and oxygen atoms in total. The summed E-state index contributed by atoms with van der Waals surface area (Å²) in [6.45, 7) is 1.55. The predicted molar refractivity (Wildman–Crippen MR) is 101 cm³/mol. The quantitative estimate of drug-likeness (QED) is 0.662. The van der Waals surface area contributed by atoms with Crippen LogP contribution in [0.3, 0.4) is 0 Å². The Morgan fingerprint density at radius 3 is 3.08 bits per heavy atom. The van der Waals surface area contributed by atoms with Crippen LogP contribution in [0.4, 0.5) is 10.9 Å².